The summed E-state index contributed by atoms with van der Waals surface area (Å²) in [5.41, 5.74) is 2.22. The van der Waals surface area contributed by atoms with Gasteiger partial charge in [0.05, 0.1) is 25.3 Å². The first kappa shape index (κ1) is 12.4. The predicted molar refractivity (Wildman–Crippen MR) is 74.5 cm³/mol. The number of benzene rings is 1. The number of methoxy groups -OCH3 is 1. The molecule has 1 N–H and O–H groups in total. The lowest BCUT2D eigenvalue weighted by Gasteiger charge is -2.18. The minimum atomic E-state index is 0.222. The fraction of sp³-hybridized carbons (Fsp3) is 0.400. The Kier molecular flexibility index (Phi) is 3.62. The van der Waals surface area contributed by atoms with E-state index in [2.05, 4.69) is 16.4 Å². The summed E-state index contributed by atoms with van der Waals surface area (Å²) in [6, 6.07) is 8.27. The van der Waals surface area contributed by atoms with E-state index >= 15 is 0 Å². The highest BCUT2D eigenvalue weighted by Gasteiger charge is 2.17. The van der Waals surface area contributed by atoms with Crippen molar-refractivity contribution in [2.75, 3.05) is 26.9 Å². The molecule has 1 aliphatic rings. The van der Waals surface area contributed by atoms with Gasteiger partial charge in [-0.15, -0.1) is 0 Å². The first-order valence-electron chi connectivity index (χ1n) is 6.62. The number of hydrogen-bond donors (Lipinski definition) is 1. The zero-order chi connectivity index (χ0) is 13.1. The monoisotopic (exact) mass is 258 g/mol. The summed E-state index contributed by atoms with van der Waals surface area (Å²) in [7, 11) is 1.68. The van der Waals surface area contributed by atoms with Crippen molar-refractivity contribution in [2.45, 2.75) is 12.5 Å². The van der Waals surface area contributed by atoms with Crippen LogP contribution in [0.2, 0.25) is 0 Å². The van der Waals surface area contributed by atoms with Gasteiger partial charge in [-0.1, -0.05) is 0 Å². The van der Waals surface area contributed by atoms with Gasteiger partial charge in [-0.05, 0) is 42.8 Å². The maximum absolute atomic E-state index is 5.65. The van der Waals surface area contributed by atoms with Gasteiger partial charge < -0.3 is 14.8 Å². The Labute approximate surface area is 112 Å². The fourth-order valence-corrected chi connectivity index (χ4v) is 2.49. The molecule has 0 amide bonds. The molecule has 4 heteroatoms. The summed E-state index contributed by atoms with van der Waals surface area (Å²) < 4.78 is 11.0. The zero-order valence-corrected chi connectivity index (χ0v) is 11.1. The zero-order valence-electron chi connectivity index (χ0n) is 11.1. The van der Waals surface area contributed by atoms with Gasteiger partial charge in [0.1, 0.15) is 5.75 Å². The molecule has 1 fully saturated rings. The number of rotatable bonds is 2. The lowest BCUT2D eigenvalue weighted by molar-refractivity contribution is 0.132. The van der Waals surface area contributed by atoms with Crippen LogP contribution in [-0.2, 0) is 4.74 Å². The fourth-order valence-electron chi connectivity index (χ4n) is 2.49. The third-order valence-electron chi connectivity index (χ3n) is 3.50. The number of ether oxygens (including phenoxy) is 2. The maximum Gasteiger partial charge on any atom is 0.119 e. The Morgan fingerprint density at radius 2 is 2.32 bits per heavy atom. The molecule has 3 rings (SSSR count). The molecule has 0 saturated carbocycles. The maximum atomic E-state index is 5.65. The van der Waals surface area contributed by atoms with Crippen molar-refractivity contribution < 1.29 is 9.47 Å². The lowest BCUT2D eigenvalue weighted by atomic mass is 10.0. The summed E-state index contributed by atoms with van der Waals surface area (Å²) in [6.45, 7) is 2.52. The molecule has 1 aliphatic heterocycles. The normalized spacial score (nSPS) is 20.2. The van der Waals surface area contributed by atoms with Crippen LogP contribution in [0.1, 0.15) is 18.0 Å². The van der Waals surface area contributed by atoms with E-state index in [1.807, 2.05) is 24.4 Å². The van der Waals surface area contributed by atoms with E-state index in [0.29, 0.717) is 6.61 Å². The van der Waals surface area contributed by atoms with E-state index in [1.54, 1.807) is 7.11 Å². The summed E-state index contributed by atoms with van der Waals surface area (Å²) in [6.07, 6.45) is 2.92. The molecule has 1 unspecified atom stereocenters. The van der Waals surface area contributed by atoms with E-state index in [0.717, 1.165) is 36.2 Å². The van der Waals surface area contributed by atoms with Gasteiger partial charge in [0.15, 0.2) is 0 Å². The van der Waals surface area contributed by atoms with E-state index in [4.69, 9.17) is 9.47 Å². The molecule has 100 valence electrons. The van der Waals surface area contributed by atoms with E-state index in [-0.39, 0.29) is 6.04 Å². The standard InChI is InChI=1S/C15H18N2O2/c1-18-11-3-4-14-13(9-11)12(5-7-17-14)15-10-19-8-2-6-16-15/h3-5,7,9,15-16H,2,6,8,10H2,1H3. The van der Waals surface area contributed by atoms with Crippen LogP contribution in [0, 0.1) is 0 Å². The molecule has 0 radical (unpaired) electrons. The smallest absolute Gasteiger partial charge is 0.119 e. The van der Waals surface area contributed by atoms with E-state index in [9.17, 15) is 0 Å². The molecule has 1 saturated heterocycles. The van der Waals surface area contributed by atoms with Gasteiger partial charge in [0, 0.05) is 18.2 Å². The number of nitrogens with zero attached hydrogens (tertiary/aromatic N) is 1. The van der Waals surface area contributed by atoms with Crippen LogP contribution in [-0.4, -0.2) is 31.9 Å². The number of pyridine rings is 1. The third kappa shape index (κ3) is 2.55. The first-order chi connectivity index (χ1) is 9.38. The number of aromatic nitrogens is 1. The molecule has 19 heavy (non-hydrogen) atoms. The number of nitrogens with one attached hydrogen (secondary N) is 1. The van der Waals surface area contributed by atoms with Gasteiger partial charge in [-0.3, -0.25) is 4.98 Å². The van der Waals surface area contributed by atoms with Crippen LogP contribution in [0.3, 0.4) is 0 Å². The van der Waals surface area contributed by atoms with Crippen LogP contribution in [0.25, 0.3) is 10.9 Å². The molecule has 2 heterocycles. The second-order valence-electron chi connectivity index (χ2n) is 4.72. The summed E-state index contributed by atoms with van der Waals surface area (Å²) in [5, 5.41) is 4.66. The highest BCUT2D eigenvalue weighted by molar-refractivity contribution is 5.84. The third-order valence-corrected chi connectivity index (χ3v) is 3.50. The minimum Gasteiger partial charge on any atom is -0.497 e. The molecule has 0 bridgehead atoms. The van der Waals surface area contributed by atoms with E-state index < -0.39 is 0 Å². The average molecular weight is 258 g/mol. The predicted octanol–water partition coefficient (Wildman–Crippen LogP) is 2.29. The largest absolute Gasteiger partial charge is 0.497 e. The minimum absolute atomic E-state index is 0.222. The highest BCUT2D eigenvalue weighted by Crippen LogP contribution is 2.27. The summed E-state index contributed by atoms with van der Waals surface area (Å²) in [4.78, 5) is 4.41. The van der Waals surface area contributed by atoms with Crippen molar-refractivity contribution in [3.8, 4) is 5.75 Å². The summed E-state index contributed by atoms with van der Waals surface area (Å²) >= 11 is 0. The van der Waals surface area contributed by atoms with Crippen LogP contribution in [0.15, 0.2) is 30.5 Å². The van der Waals surface area contributed by atoms with Crippen LogP contribution in [0.4, 0.5) is 0 Å². The molecule has 1 aromatic heterocycles. The molecule has 1 atom stereocenters. The Bertz CT molecular complexity index is 563. The highest BCUT2D eigenvalue weighted by atomic mass is 16.5. The van der Waals surface area contributed by atoms with Crippen molar-refractivity contribution in [2.24, 2.45) is 0 Å². The van der Waals surface area contributed by atoms with Gasteiger partial charge in [-0.25, -0.2) is 0 Å². The molecular formula is C15H18N2O2. The van der Waals surface area contributed by atoms with Gasteiger partial charge in [0.2, 0.25) is 0 Å². The van der Waals surface area contributed by atoms with Crippen molar-refractivity contribution >= 4 is 10.9 Å². The molecule has 1 aromatic carbocycles. The van der Waals surface area contributed by atoms with Crippen molar-refractivity contribution in [3.05, 3.63) is 36.0 Å². The second-order valence-corrected chi connectivity index (χ2v) is 4.72. The Morgan fingerprint density at radius 1 is 1.37 bits per heavy atom. The number of hydrogen-bond acceptors (Lipinski definition) is 4. The Balaban J connectivity index is 2.05. The second kappa shape index (κ2) is 5.55. The van der Waals surface area contributed by atoms with Gasteiger partial charge >= 0.3 is 0 Å². The molecule has 4 nitrogen and oxygen atoms in total. The van der Waals surface area contributed by atoms with Crippen LogP contribution >= 0.6 is 0 Å². The molecule has 0 aliphatic carbocycles. The molecule has 0 spiro atoms. The Morgan fingerprint density at radius 3 is 3.21 bits per heavy atom. The van der Waals surface area contributed by atoms with E-state index in [1.165, 1.54) is 5.56 Å². The summed E-state index contributed by atoms with van der Waals surface area (Å²) in [5.74, 6) is 0.858. The lowest BCUT2D eigenvalue weighted by Crippen LogP contribution is -2.23. The number of fused-ring (bicyclic) bond motifs is 1. The van der Waals surface area contributed by atoms with Gasteiger partial charge in [0.25, 0.3) is 0 Å². The first-order valence-corrected chi connectivity index (χ1v) is 6.62. The van der Waals surface area contributed by atoms with Crippen molar-refractivity contribution in [1.29, 1.82) is 0 Å². The molecular weight excluding hydrogens is 240 g/mol. The van der Waals surface area contributed by atoms with Gasteiger partial charge in [-0.2, -0.15) is 0 Å². The van der Waals surface area contributed by atoms with Crippen LogP contribution < -0.4 is 10.1 Å². The topological polar surface area (TPSA) is 43.4 Å². The van der Waals surface area contributed by atoms with Crippen molar-refractivity contribution in [3.63, 3.8) is 0 Å². The van der Waals surface area contributed by atoms with Crippen LogP contribution in [0.5, 0.6) is 5.75 Å². The Hall–Kier alpha value is -1.65. The average Bonchev–Trinajstić information content (AvgIpc) is 2.75. The van der Waals surface area contributed by atoms with Crippen molar-refractivity contribution in [1.82, 2.24) is 10.3 Å². The molecule has 2 aromatic rings. The SMILES string of the molecule is COc1ccc2nccc(C3COCCCN3)c2c1. The quantitative estimate of drug-likeness (QED) is 0.897.